The van der Waals surface area contributed by atoms with Crippen molar-refractivity contribution in [2.75, 3.05) is 7.05 Å². The Bertz CT molecular complexity index is 1080. The summed E-state index contributed by atoms with van der Waals surface area (Å²) in [6.45, 7) is 26.0. The minimum Gasteiger partial charge on any atom is -0.392 e. The maximum atomic E-state index is 9.97. The molecule has 0 bridgehead atoms. The number of hydrogen-bond acceptors (Lipinski definition) is 2. The molecule has 2 aromatic carbocycles. The van der Waals surface area contributed by atoms with Crippen LogP contribution in [0.1, 0.15) is 120 Å². The van der Waals surface area contributed by atoms with E-state index in [4.69, 9.17) is 0 Å². The largest absolute Gasteiger partial charge is 0.392 e. The number of benzene rings is 2. The molecule has 0 aromatic heterocycles. The number of hydrogen-bond donors (Lipinski definition) is 1. The molecule has 2 aromatic rings. The Morgan fingerprint density at radius 3 is 2.05 bits per heavy atom. The van der Waals surface area contributed by atoms with Gasteiger partial charge in [0.1, 0.15) is 6.29 Å². The summed E-state index contributed by atoms with van der Waals surface area (Å²) in [6.07, 6.45) is 12.7. The van der Waals surface area contributed by atoms with Gasteiger partial charge in [0.05, 0.1) is 0 Å². The molecule has 0 saturated heterocycles. The van der Waals surface area contributed by atoms with E-state index in [9.17, 15) is 4.79 Å². The second kappa shape index (κ2) is 18.7. The van der Waals surface area contributed by atoms with E-state index in [1.54, 1.807) is 11.1 Å². The Labute approximate surface area is 254 Å². The maximum Gasteiger partial charge on any atom is 0.120 e. The number of aryl methyl sites for hydroxylation is 3. The molecule has 1 aliphatic rings. The average molecular weight is 560 g/mol. The minimum atomic E-state index is 0.398. The van der Waals surface area contributed by atoms with Gasteiger partial charge < -0.3 is 10.1 Å². The summed E-state index contributed by atoms with van der Waals surface area (Å²) in [6, 6.07) is 13.6. The molecule has 0 amide bonds. The van der Waals surface area contributed by atoms with Crippen LogP contribution in [0.3, 0.4) is 0 Å². The molecule has 41 heavy (non-hydrogen) atoms. The van der Waals surface area contributed by atoms with Crippen molar-refractivity contribution in [2.24, 2.45) is 17.3 Å². The van der Waals surface area contributed by atoms with Crippen molar-refractivity contribution >= 4 is 11.9 Å². The summed E-state index contributed by atoms with van der Waals surface area (Å²) in [4.78, 5) is 9.97. The first-order valence-corrected chi connectivity index (χ1v) is 16.2. The molecule has 1 N–H and O–H groups in total. The molecule has 0 aliphatic heterocycles. The Kier molecular flexibility index (Phi) is 16.7. The zero-order valence-corrected chi connectivity index (χ0v) is 28.1. The summed E-state index contributed by atoms with van der Waals surface area (Å²) in [5.74, 6) is 0.927. The van der Waals surface area contributed by atoms with Crippen LogP contribution in [0.4, 0.5) is 0 Å². The number of unbranched alkanes of at least 4 members (excludes halogenated alkanes) is 1. The maximum absolute atomic E-state index is 9.97. The van der Waals surface area contributed by atoms with E-state index in [2.05, 4.69) is 110 Å². The Morgan fingerprint density at radius 2 is 1.59 bits per heavy atom. The van der Waals surface area contributed by atoms with Crippen LogP contribution in [0.25, 0.3) is 5.57 Å². The van der Waals surface area contributed by atoms with Crippen LogP contribution in [0.5, 0.6) is 0 Å². The third-order valence-corrected chi connectivity index (χ3v) is 8.95. The normalized spacial score (nSPS) is 16.0. The van der Waals surface area contributed by atoms with Crippen molar-refractivity contribution in [3.8, 4) is 0 Å². The minimum absolute atomic E-state index is 0.398. The van der Waals surface area contributed by atoms with E-state index >= 15 is 0 Å². The number of rotatable bonds is 13. The second-order valence-corrected chi connectivity index (χ2v) is 12.4. The topological polar surface area (TPSA) is 29.1 Å². The quantitative estimate of drug-likeness (QED) is 0.247. The van der Waals surface area contributed by atoms with Crippen LogP contribution >= 0.6 is 0 Å². The van der Waals surface area contributed by atoms with Gasteiger partial charge >= 0.3 is 0 Å². The third kappa shape index (κ3) is 11.7. The van der Waals surface area contributed by atoms with E-state index in [0.717, 1.165) is 31.2 Å². The molecular formula is C39H61NO. The molecule has 0 radical (unpaired) electrons. The fraction of sp³-hybridized carbons (Fsp3) is 0.564. The van der Waals surface area contributed by atoms with Gasteiger partial charge in [0, 0.05) is 19.2 Å². The highest BCUT2D eigenvalue weighted by Gasteiger charge is 2.35. The van der Waals surface area contributed by atoms with Crippen LogP contribution in [-0.4, -0.2) is 13.3 Å². The number of carbonyl (C=O) groups excluding carboxylic acids is 1. The second-order valence-electron chi connectivity index (χ2n) is 12.4. The number of carbonyl (C=O) groups is 1. The van der Waals surface area contributed by atoms with Crippen LogP contribution in [0, 0.1) is 24.2 Å². The van der Waals surface area contributed by atoms with Crippen molar-refractivity contribution in [2.45, 2.75) is 120 Å². The van der Waals surface area contributed by atoms with Gasteiger partial charge in [0.2, 0.25) is 0 Å². The van der Waals surface area contributed by atoms with Gasteiger partial charge in [-0.15, -0.1) is 0 Å². The average Bonchev–Trinajstić information content (AvgIpc) is 3.36. The molecular weight excluding hydrogens is 498 g/mol. The van der Waals surface area contributed by atoms with Gasteiger partial charge in [-0.3, -0.25) is 0 Å². The number of aldehydes is 1. The van der Waals surface area contributed by atoms with Gasteiger partial charge in [-0.05, 0) is 103 Å². The Hall–Kier alpha value is -2.61. The van der Waals surface area contributed by atoms with Crippen LogP contribution in [0.15, 0.2) is 55.3 Å². The lowest BCUT2D eigenvalue weighted by Gasteiger charge is -2.27. The smallest absolute Gasteiger partial charge is 0.120 e. The van der Waals surface area contributed by atoms with Gasteiger partial charge in [0.25, 0.3) is 0 Å². The fourth-order valence-electron chi connectivity index (χ4n) is 5.56. The molecule has 2 atom stereocenters. The highest BCUT2D eigenvalue weighted by atomic mass is 16.1. The lowest BCUT2D eigenvalue weighted by Crippen LogP contribution is -2.20. The third-order valence-electron chi connectivity index (χ3n) is 8.95. The molecule has 2 heteroatoms. The lowest BCUT2D eigenvalue weighted by atomic mass is 9.77. The van der Waals surface area contributed by atoms with E-state index in [1.165, 1.54) is 66.4 Å². The van der Waals surface area contributed by atoms with Crippen LogP contribution < -0.4 is 5.32 Å². The number of allylic oxidation sites excluding steroid dienone is 2. The zero-order valence-electron chi connectivity index (χ0n) is 28.1. The van der Waals surface area contributed by atoms with Crippen molar-refractivity contribution in [3.05, 3.63) is 88.6 Å². The first-order chi connectivity index (χ1) is 19.5. The van der Waals surface area contributed by atoms with Gasteiger partial charge in [-0.2, -0.15) is 0 Å². The zero-order chi connectivity index (χ0) is 31.0. The van der Waals surface area contributed by atoms with Crippen molar-refractivity contribution < 1.29 is 4.79 Å². The molecule has 228 valence electrons. The molecule has 0 saturated carbocycles. The monoisotopic (exact) mass is 559 g/mol. The summed E-state index contributed by atoms with van der Waals surface area (Å²) < 4.78 is 0. The predicted octanol–water partition coefficient (Wildman–Crippen LogP) is 10.5. The predicted molar refractivity (Wildman–Crippen MR) is 183 cm³/mol. The Morgan fingerprint density at radius 1 is 0.976 bits per heavy atom. The van der Waals surface area contributed by atoms with Gasteiger partial charge in [-0.1, -0.05) is 116 Å². The number of nitrogens with one attached hydrogen (secondary N) is 1. The van der Waals surface area contributed by atoms with Gasteiger partial charge in [-0.25, -0.2) is 0 Å². The lowest BCUT2D eigenvalue weighted by molar-refractivity contribution is -0.108. The molecule has 0 heterocycles. The summed E-state index contributed by atoms with van der Waals surface area (Å²) in [5, 5.41) is 2.96. The van der Waals surface area contributed by atoms with E-state index in [0.29, 0.717) is 23.7 Å². The van der Waals surface area contributed by atoms with Crippen molar-refractivity contribution in [3.63, 3.8) is 0 Å². The highest BCUT2D eigenvalue weighted by Crippen LogP contribution is 2.45. The standard InChI is InChI=1S/C22H34.C9H12.C8H15NO/c1-7-10-11-22(9-3)14-19-12-18(8-2)21(13-20(19)15-22)17(6)16(4)5;1-3-9-6-4-8(2)5-7-9;1-7(5-4-6-10)8(2)9-3/h12-13,16H,6-11,14-15H2,1-5H3;4-7H,3H2,1-2H3;6-7,9H,2,4-5H2,1,3H3. The molecule has 2 nitrogen and oxygen atoms in total. The van der Waals surface area contributed by atoms with Crippen LogP contribution in [0.2, 0.25) is 0 Å². The molecule has 0 spiro atoms. The molecule has 1 aliphatic carbocycles. The summed E-state index contributed by atoms with van der Waals surface area (Å²) in [7, 11) is 1.85. The first kappa shape index (κ1) is 36.4. The summed E-state index contributed by atoms with van der Waals surface area (Å²) in [5.41, 5.74) is 11.7. The number of fused-ring (bicyclic) bond motifs is 1. The van der Waals surface area contributed by atoms with Gasteiger partial charge in [0.15, 0.2) is 0 Å². The summed E-state index contributed by atoms with van der Waals surface area (Å²) >= 11 is 0. The van der Waals surface area contributed by atoms with E-state index in [-0.39, 0.29) is 0 Å². The highest BCUT2D eigenvalue weighted by molar-refractivity contribution is 5.69. The Balaban J connectivity index is 0.000000365. The van der Waals surface area contributed by atoms with E-state index in [1.807, 2.05) is 7.05 Å². The SMILES string of the molecule is C=C(NC)C(C)CCC=O.C=C(c1cc2c(cc1CC)CC(CC)(CCCC)C2)C(C)C.CCc1ccc(C)cc1. The first-order valence-electron chi connectivity index (χ1n) is 16.2. The van der Waals surface area contributed by atoms with Crippen LogP contribution in [-0.2, 0) is 30.5 Å². The van der Waals surface area contributed by atoms with Crippen molar-refractivity contribution in [1.82, 2.24) is 5.32 Å². The van der Waals surface area contributed by atoms with Crippen molar-refractivity contribution in [1.29, 1.82) is 0 Å². The fourth-order valence-corrected chi connectivity index (χ4v) is 5.56. The molecule has 0 fully saturated rings. The molecule has 3 rings (SSSR count). The van der Waals surface area contributed by atoms with E-state index < -0.39 is 0 Å². The molecule has 2 unspecified atom stereocenters.